The van der Waals surface area contributed by atoms with E-state index in [0.29, 0.717) is 45.6 Å². The van der Waals surface area contributed by atoms with Crippen molar-refractivity contribution in [3.63, 3.8) is 0 Å². The summed E-state index contributed by atoms with van der Waals surface area (Å²) in [6, 6.07) is 9.04. The number of piperazine rings is 1. The lowest BCUT2D eigenvalue weighted by Crippen LogP contribution is -2.49. The minimum Gasteiger partial charge on any atom is -0.299 e. The quantitative estimate of drug-likeness (QED) is 0.777. The van der Waals surface area contributed by atoms with Gasteiger partial charge in [-0.15, -0.1) is 0 Å². The zero-order chi connectivity index (χ0) is 17.6. The van der Waals surface area contributed by atoms with E-state index in [1.165, 1.54) is 16.4 Å². The minimum atomic E-state index is -3.62. The average molecular weight is 350 g/mol. The summed E-state index contributed by atoms with van der Waals surface area (Å²) in [6.45, 7) is 2.27. The Kier molecular flexibility index (Phi) is 6.27. The highest BCUT2D eigenvalue weighted by molar-refractivity contribution is 7.89. The largest absolute Gasteiger partial charge is 0.299 e. The fourth-order valence-corrected chi connectivity index (χ4v) is 4.08. The van der Waals surface area contributed by atoms with Gasteiger partial charge in [0.05, 0.1) is 23.0 Å². The third-order valence-corrected chi connectivity index (χ3v) is 5.96. The molecule has 128 valence electrons. The van der Waals surface area contributed by atoms with Gasteiger partial charge in [-0.25, -0.2) is 12.8 Å². The molecule has 0 bridgehead atoms. The Labute approximate surface area is 141 Å². The maximum absolute atomic E-state index is 13.0. The maximum Gasteiger partial charge on any atom is 0.243 e. The Morgan fingerprint density at radius 3 is 2.29 bits per heavy atom. The van der Waals surface area contributed by atoms with Gasteiger partial charge in [0, 0.05) is 39.1 Å². The summed E-state index contributed by atoms with van der Waals surface area (Å²) >= 11 is 0. The molecule has 1 heterocycles. The number of nitriles is 2. The Balaban J connectivity index is 1.93. The first-order valence-electron chi connectivity index (χ1n) is 7.72. The summed E-state index contributed by atoms with van der Waals surface area (Å²) in [5, 5.41) is 17.7. The van der Waals surface area contributed by atoms with Crippen molar-refractivity contribution in [2.75, 3.05) is 32.7 Å². The van der Waals surface area contributed by atoms with Crippen molar-refractivity contribution in [2.24, 2.45) is 5.92 Å². The highest BCUT2D eigenvalue weighted by atomic mass is 32.2. The molecule has 1 atom stereocenters. The maximum atomic E-state index is 13.0. The fourth-order valence-electron chi connectivity index (χ4n) is 2.66. The van der Waals surface area contributed by atoms with Crippen LogP contribution in [0, 0.1) is 34.4 Å². The molecule has 1 aromatic carbocycles. The first-order valence-corrected chi connectivity index (χ1v) is 9.16. The van der Waals surface area contributed by atoms with Crippen molar-refractivity contribution in [2.45, 2.75) is 17.7 Å². The lowest BCUT2D eigenvalue weighted by atomic mass is 10.0. The van der Waals surface area contributed by atoms with Gasteiger partial charge in [0.1, 0.15) is 5.82 Å². The Morgan fingerprint density at radius 2 is 1.75 bits per heavy atom. The molecule has 1 fully saturated rings. The van der Waals surface area contributed by atoms with E-state index < -0.39 is 15.8 Å². The molecule has 1 aliphatic heterocycles. The molecule has 1 aromatic rings. The smallest absolute Gasteiger partial charge is 0.243 e. The van der Waals surface area contributed by atoms with Crippen LogP contribution < -0.4 is 0 Å². The van der Waals surface area contributed by atoms with E-state index >= 15 is 0 Å². The van der Waals surface area contributed by atoms with Crippen molar-refractivity contribution < 1.29 is 12.8 Å². The summed E-state index contributed by atoms with van der Waals surface area (Å²) in [4.78, 5) is 2.13. The SMILES string of the molecule is N#CCCC(C#N)CN1CCN(S(=O)(=O)c2ccc(F)cc2)CC1. The van der Waals surface area contributed by atoms with Crippen molar-refractivity contribution in [3.8, 4) is 12.1 Å². The molecule has 2 rings (SSSR count). The second-order valence-electron chi connectivity index (χ2n) is 5.68. The number of halogens is 1. The Bertz CT molecular complexity index is 729. The second-order valence-corrected chi connectivity index (χ2v) is 7.62. The van der Waals surface area contributed by atoms with Crippen molar-refractivity contribution in [1.82, 2.24) is 9.21 Å². The van der Waals surface area contributed by atoms with Gasteiger partial charge in [-0.05, 0) is 30.7 Å². The third kappa shape index (κ3) is 4.51. The average Bonchev–Trinajstić information content (AvgIpc) is 2.59. The van der Waals surface area contributed by atoms with Crippen molar-refractivity contribution in [1.29, 1.82) is 10.5 Å². The Hall–Kier alpha value is -2.00. The molecule has 1 saturated heterocycles. The predicted molar refractivity (Wildman–Crippen MR) is 85.5 cm³/mol. The van der Waals surface area contributed by atoms with E-state index in [1.807, 2.05) is 11.0 Å². The van der Waals surface area contributed by atoms with E-state index in [-0.39, 0.29) is 10.8 Å². The number of benzene rings is 1. The van der Waals surface area contributed by atoms with E-state index in [1.54, 1.807) is 0 Å². The van der Waals surface area contributed by atoms with Gasteiger partial charge in [0.15, 0.2) is 0 Å². The molecule has 0 radical (unpaired) electrons. The van der Waals surface area contributed by atoms with Crippen molar-refractivity contribution in [3.05, 3.63) is 30.1 Å². The standard InChI is InChI=1S/C16H19FN4O2S/c17-15-3-5-16(6-4-15)24(22,23)21-10-8-20(9-11-21)13-14(12-19)2-1-7-18/h3-6,14H,1-2,8-11,13H2. The van der Waals surface area contributed by atoms with Crippen LogP contribution in [0.5, 0.6) is 0 Å². The van der Waals surface area contributed by atoms with Gasteiger partial charge in [0.25, 0.3) is 0 Å². The van der Waals surface area contributed by atoms with Gasteiger partial charge in [-0.2, -0.15) is 14.8 Å². The number of hydrogen-bond acceptors (Lipinski definition) is 5. The summed E-state index contributed by atoms with van der Waals surface area (Å²) < 4.78 is 39.4. The molecule has 1 aliphatic rings. The summed E-state index contributed by atoms with van der Waals surface area (Å²) in [5.41, 5.74) is 0. The molecular weight excluding hydrogens is 331 g/mol. The zero-order valence-electron chi connectivity index (χ0n) is 13.2. The van der Waals surface area contributed by atoms with Crippen LogP contribution in [-0.4, -0.2) is 50.3 Å². The summed E-state index contributed by atoms with van der Waals surface area (Å²) in [5.74, 6) is -0.691. The summed E-state index contributed by atoms with van der Waals surface area (Å²) in [6.07, 6.45) is 0.873. The van der Waals surface area contributed by atoms with Gasteiger partial charge in [-0.3, -0.25) is 4.90 Å². The van der Waals surface area contributed by atoms with Crippen LogP contribution in [0.1, 0.15) is 12.8 Å². The molecule has 0 saturated carbocycles. The van der Waals surface area contributed by atoms with Gasteiger partial charge >= 0.3 is 0 Å². The highest BCUT2D eigenvalue weighted by Crippen LogP contribution is 2.19. The second kappa shape index (κ2) is 8.20. The monoisotopic (exact) mass is 350 g/mol. The molecule has 24 heavy (non-hydrogen) atoms. The number of sulfonamides is 1. The number of nitrogens with zero attached hydrogens (tertiary/aromatic N) is 4. The van der Waals surface area contributed by atoms with Gasteiger partial charge < -0.3 is 0 Å². The Morgan fingerprint density at radius 1 is 1.12 bits per heavy atom. The lowest BCUT2D eigenvalue weighted by molar-refractivity contribution is 0.173. The third-order valence-electron chi connectivity index (χ3n) is 4.05. The molecule has 8 heteroatoms. The van der Waals surface area contributed by atoms with Gasteiger partial charge in [-0.1, -0.05) is 0 Å². The van der Waals surface area contributed by atoms with E-state index in [4.69, 9.17) is 10.5 Å². The van der Waals surface area contributed by atoms with Gasteiger partial charge in [0.2, 0.25) is 10.0 Å². The number of rotatable bonds is 6. The molecular formula is C16H19FN4O2S. The predicted octanol–water partition coefficient (Wildman–Crippen LogP) is 1.58. The molecule has 0 amide bonds. The molecule has 0 N–H and O–H groups in total. The van der Waals surface area contributed by atoms with Crippen LogP contribution in [0.4, 0.5) is 4.39 Å². The van der Waals surface area contributed by atoms with Crippen LogP contribution in [0.3, 0.4) is 0 Å². The first kappa shape index (κ1) is 18.3. The molecule has 1 unspecified atom stereocenters. The number of hydrogen-bond donors (Lipinski definition) is 0. The van der Waals surface area contributed by atoms with Crippen LogP contribution >= 0.6 is 0 Å². The van der Waals surface area contributed by atoms with Crippen LogP contribution in [0.2, 0.25) is 0 Å². The van der Waals surface area contributed by atoms with E-state index in [2.05, 4.69) is 6.07 Å². The molecule has 0 aromatic heterocycles. The first-order chi connectivity index (χ1) is 11.5. The zero-order valence-corrected chi connectivity index (χ0v) is 14.0. The van der Waals surface area contributed by atoms with Crippen LogP contribution in [-0.2, 0) is 10.0 Å². The summed E-state index contributed by atoms with van der Waals surface area (Å²) in [7, 11) is -3.62. The fraction of sp³-hybridized carbons (Fsp3) is 0.500. The van der Waals surface area contributed by atoms with Crippen LogP contribution in [0.15, 0.2) is 29.2 Å². The topological polar surface area (TPSA) is 88.2 Å². The van der Waals surface area contributed by atoms with Crippen LogP contribution in [0.25, 0.3) is 0 Å². The normalized spacial score (nSPS) is 17.8. The van der Waals surface area contributed by atoms with Crippen molar-refractivity contribution >= 4 is 10.0 Å². The highest BCUT2D eigenvalue weighted by Gasteiger charge is 2.29. The molecule has 0 spiro atoms. The minimum absolute atomic E-state index is 0.0845. The van der Waals surface area contributed by atoms with E-state index in [0.717, 1.165) is 12.1 Å². The molecule has 6 nitrogen and oxygen atoms in total. The molecule has 0 aliphatic carbocycles. The lowest BCUT2D eigenvalue weighted by Gasteiger charge is -2.34. The van der Waals surface area contributed by atoms with E-state index in [9.17, 15) is 12.8 Å².